The average Bonchev–Trinajstić information content (AvgIpc) is 2.75. The van der Waals surface area contributed by atoms with E-state index in [1.807, 2.05) is 16.8 Å². The SMILES string of the molecule is Cc1sccc1C(O)Cc1ccsc1. The maximum atomic E-state index is 9.97. The summed E-state index contributed by atoms with van der Waals surface area (Å²) in [6, 6.07) is 4.08. The zero-order valence-corrected chi connectivity index (χ0v) is 9.57. The Hall–Kier alpha value is -0.640. The Morgan fingerprint density at radius 1 is 1.36 bits per heavy atom. The summed E-state index contributed by atoms with van der Waals surface area (Å²) in [7, 11) is 0. The topological polar surface area (TPSA) is 20.2 Å². The van der Waals surface area contributed by atoms with Crippen molar-refractivity contribution in [2.45, 2.75) is 19.4 Å². The zero-order valence-electron chi connectivity index (χ0n) is 7.93. The van der Waals surface area contributed by atoms with Crippen molar-refractivity contribution in [1.82, 2.24) is 0 Å². The van der Waals surface area contributed by atoms with Crippen LogP contribution in [0.2, 0.25) is 0 Å². The molecule has 0 saturated heterocycles. The first kappa shape index (κ1) is 9.90. The molecule has 74 valence electrons. The molecule has 0 aliphatic rings. The van der Waals surface area contributed by atoms with E-state index < -0.39 is 0 Å². The van der Waals surface area contributed by atoms with Gasteiger partial charge in [0.25, 0.3) is 0 Å². The third-order valence-corrected chi connectivity index (χ3v) is 3.86. The van der Waals surface area contributed by atoms with E-state index in [4.69, 9.17) is 0 Å². The minimum Gasteiger partial charge on any atom is -0.388 e. The number of aryl methyl sites for hydroxylation is 1. The molecule has 0 radical (unpaired) electrons. The summed E-state index contributed by atoms with van der Waals surface area (Å²) in [6.45, 7) is 2.05. The van der Waals surface area contributed by atoms with E-state index in [-0.39, 0.29) is 6.10 Å². The molecule has 0 amide bonds. The molecule has 0 aliphatic carbocycles. The maximum Gasteiger partial charge on any atom is 0.0841 e. The van der Waals surface area contributed by atoms with Crippen LogP contribution in [0.5, 0.6) is 0 Å². The summed E-state index contributed by atoms with van der Waals surface area (Å²) >= 11 is 3.36. The minimum atomic E-state index is -0.351. The summed E-state index contributed by atoms with van der Waals surface area (Å²) in [4.78, 5) is 1.22. The second kappa shape index (κ2) is 4.26. The van der Waals surface area contributed by atoms with Gasteiger partial charge in [-0.1, -0.05) is 0 Å². The molecule has 1 N–H and O–H groups in total. The van der Waals surface area contributed by atoms with Crippen molar-refractivity contribution in [3.63, 3.8) is 0 Å². The highest BCUT2D eigenvalue weighted by Gasteiger charge is 2.11. The summed E-state index contributed by atoms with van der Waals surface area (Å²) in [5.41, 5.74) is 2.29. The first-order valence-corrected chi connectivity index (χ1v) is 6.33. The molecule has 0 bridgehead atoms. The molecule has 0 spiro atoms. The maximum absolute atomic E-state index is 9.97. The van der Waals surface area contributed by atoms with Crippen molar-refractivity contribution >= 4 is 22.7 Å². The summed E-state index contributed by atoms with van der Waals surface area (Å²) in [6.07, 6.45) is 0.372. The number of aliphatic hydroxyl groups is 1. The molecule has 14 heavy (non-hydrogen) atoms. The predicted molar refractivity (Wildman–Crippen MR) is 62.0 cm³/mol. The van der Waals surface area contributed by atoms with Crippen LogP contribution in [0.3, 0.4) is 0 Å². The summed E-state index contributed by atoms with van der Waals surface area (Å²) < 4.78 is 0. The molecular formula is C11H12OS2. The molecule has 0 fully saturated rings. The van der Waals surface area contributed by atoms with E-state index in [2.05, 4.69) is 18.4 Å². The lowest BCUT2D eigenvalue weighted by Gasteiger charge is -2.08. The van der Waals surface area contributed by atoms with Gasteiger partial charge in [-0.3, -0.25) is 0 Å². The van der Waals surface area contributed by atoms with Crippen molar-refractivity contribution in [1.29, 1.82) is 0 Å². The lowest BCUT2D eigenvalue weighted by molar-refractivity contribution is 0.178. The molecule has 0 saturated carbocycles. The molecule has 2 aromatic rings. The Kier molecular flexibility index (Phi) is 3.01. The number of hydrogen-bond donors (Lipinski definition) is 1. The second-order valence-corrected chi connectivity index (χ2v) is 5.18. The predicted octanol–water partition coefficient (Wildman–Crippen LogP) is 3.39. The molecule has 1 unspecified atom stereocenters. The highest BCUT2D eigenvalue weighted by atomic mass is 32.1. The fraction of sp³-hybridized carbons (Fsp3) is 0.273. The summed E-state index contributed by atoms with van der Waals surface area (Å²) in [5, 5.41) is 16.1. The van der Waals surface area contributed by atoms with Crippen LogP contribution >= 0.6 is 22.7 Å². The van der Waals surface area contributed by atoms with Crippen LogP contribution in [0, 0.1) is 6.92 Å². The first-order valence-electron chi connectivity index (χ1n) is 4.50. The van der Waals surface area contributed by atoms with Crippen LogP contribution in [0.15, 0.2) is 28.3 Å². The first-order chi connectivity index (χ1) is 6.77. The van der Waals surface area contributed by atoms with E-state index in [0.717, 1.165) is 12.0 Å². The molecule has 1 nitrogen and oxygen atoms in total. The van der Waals surface area contributed by atoms with Crippen LogP contribution in [0.25, 0.3) is 0 Å². The van der Waals surface area contributed by atoms with Gasteiger partial charge in [0, 0.05) is 11.3 Å². The molecule has 2 aromatic heterocycles. The fourth-order valence-corrected chi connectivity index (χ4v) is 2.92. The Morgan fingerprint density at radius 3 is 2.79 bits per heavy atom. The van der Waals surface area contributed by atoms with Gasteiger partial charge in [0.15, 0.2) is 0 Å². The van der Waals surface area contributed by atoms with Gasteiger partial charge in [0.05, 0.1) is 6.10 Å². The largest absolute Gasteiger partial charge is 0.388 e. The monoisotopic (exact) mass is 224 g/mol. The van der Waals surface area contributed by atoms with Crippen LogP contribution in [0.4, 0.5) is 0 Å². The van der Waals surface area contributed by atoms with E-state index in [0.29, 0.717) is 0 Å². The summed E-state index contributed by atoms with van der Waals surface area (Å²) in [5.74, 6) is 0. The van der Waals surface area contributed by atoms with Gasteiger partial charge in [-0.05, 0) is 46.3 Å². The van der Waals surface area contributed by atoms with E-state index in [9.17, 15) is 5.11 Å². The van der Waals surface area contributed by atoms with Crippen molar-refractivity contribution in [3.8, 4) is 0 Å². The number of thiophene rings is 2. The van der Waals surface area contributed by atoms with Gasteiger partial charge in [0.2, 0.25) is 0 Å². The highest BCUT2D eigenvalue weighted by Crippen LogP contribution is 2.25. The molecule has 2 heterocycles. The second-order valence-electron chi connectivity index (χ2n) is 3.28. The van der Waals surface area contributed by atoms with Gasteiger partial charge in [0.1, 0.15) is 0 Å². The lowest BCUT2D eigenvalue weighted by atomic mass is 10.0. The normalized spacial score (nSPS) is 13.0. The number of rotatable bonds is 3. The van der Waals surface area contributed by atoms with Crippen LogP contribution in [0.1, 0.15) is 22.1 Å². The van der Waals surface area contributed by atoms with Gasteiger partial charge < -0.3 is 5.11 Å². The molecule has 1 atom stereocenters. The fourth-order valence-electron chi connectivity index (χ4n) is 1.48. The molecule has 0 aromatic carbocycles. The highest BCUT2D eigenvalue weighted by molar-refractivity contribution is 7.10. The van der Waals surface area contributed by atoms with Crippen molar-refractivity contribution in [2.75, 3.05) is 0 Å². The third kappa shape index (κ3) is 2.05. The Labute approximate surface area is 91.7 Å². The van der Waals surface area contributed by atoms with Crippen LogP contribution < -0.4 is 0 Å². The number of hydrogen-bond acceptors (Lipinski definition) is 3. The van der Waals surface area contributed by atoms with E-state index in [1.165, 1.54) is 10.4 Å². The van der Waals surface area contributed by atoms with Crippen LogP contribution in [-0.4, -0.2) is 5.11 Å². The number of aliphatic hydroxyl groups excluding tert-OH is 1. The van der Waals surface area contributed by atoms with Crippen molar-refractivity contribution in [3.05, 3.63) is 44.3 Å². The Balaban J connectivity index is 2.10. The van der Waals surface area contributed by atoms with Gasteiger partial charge in [-0.2, -0.15) is 11.3 Å². The van der Waals surface area contributed by atoms with Crippen molar-refractivity contribution < 1.29 is 5.11 Å². The quantitative estimate of drug-likeness (QED) is 0.847. The van der Waals surface area contributed by atoms with Gasteiger partial charge in [-0.25, -0.2) is 0 Å². The third-order valence-electron chi connectivity index (χ3n) is 2.27. The Bertz CT molecular complexity index is 389. The minimum absolute atomic E-state index is 0.351. The van der Waals surface area contributed by atoms with Gasteiger partial charge in [-0.15, -0.1) is 11.3 Å². The van der Waals surface area contributed by atoms with E-state index in [1.54, 1.807) is 22.7 Å². The Morgan fingerprint density at radius 2 is 2.21 bits per heavy atom. The standard InChI is InChI=1S/C11H12OS2/c1-8-10(3-5-14-8)11(12)6-9-2-4-13-7-9/h2-5,7,11-12H,6H2,1H3. The van der Waals surface area contributed by atoms with Gasteiger partial charge >= 0.3 is 0 Å². The zero-order chi connectivity index (χ0) is 9.97. The molecule has 2 rings (SSSR count). The van der Waals surface area contributed by atoms with Crippen molar-refractivity contribution in [2.24, 2.45) is 0 Å². The molecule has 3 heteroatoms. The molecule has 0 aliphatic heterocycles. The van der Waals surface area contributed by atoms with Crippen LogP contribution in [-0.2, 0) is 6.42 Å². The smallest absolute Gasteiger partial charge is 0.0841 e. The lowest BCUT2D eigenvalue weighted by Crippen LogP contribution is -2.00. The molecular weight excluding hydrogens is 212 g/mol. The average molecular weight is 224 g/mol. The van der Waals surface area contributed by atoms with E-state index >= 15 is 0 Å².